The van der Waals surface area contributed by atoms with Gasteiger partial charge in [0, 0.05) is 0 Å². The summed E-state index contributed by atoms with van der Waals surface area (Å²) in [7, 11) is 0. The van der Waals surface area contributed by atoms with Crippen LogP contribution in [0.1, 0.15) is 27.7 Å². The Labute approximate surface area is 116 Å². The molecule has 10 heteroatoms. The molecule has 0 aliphatic carbocycles. The molecule has 4 nitrogen and oxygen atoms in total. The van der Waals surface area contributed by atoms with Crippen molar-refractivity contribution in [1.82, 2.24) is 0 Å². The van der Waals surface area contributed by atoms with Crippen molar-refractivity contribution in [3.05, 3.63) is 0 Å². The highest BCUT2D eigenvalue weighted by Crippen LogP contribution is 2.24. The van der Waals surface area contributed by atoms with Crippen molar-refractivity contribution >= 4 is 17.5 Å². The topological polar surface area (TPSA) is 60.4 Å². The average molecular weight is 324 g/mol. The van der Waals surface area contributed by atoms with Gasteiger partial charge in [-0.2, -0.15) is 26.3 Å². The Morgan fingerprint density at radius 2 is 1.10 bits per heavy atom. The third kappa shape index (κ3) is 9.03. The van der Waals surface area contributed by atoms with E-state index in [1.807, 2.05) is 27.7 Å². The Hall–Kier alpha value is -1.61. The van der Waals surface area contributed by atoms with Crippen molar-refractivity contribution in [2.75, 3.05) is 6.61 Å². The van der Waals surface area contributed by atoms with Crippen molar-refractivity contribution in [2.24, 2.45) is 5.41 Å². The molecule has 0 aromatic heterocycles. The largest absolute Gasteiger partial charge is 0.466 e. The summed E-state index contributed by atoms with van der Waals surface area (Å²) < 4.78 is 71.7. The molecular weight excluding hydrogens is 310 g/mol. The van der Waals surface area contributed by atoms with Gasteiger partial charge in [0.15, 0.2) is 0 Å². The highest BCUT2D eigenvalue weighted by atomic mass is 19.4. The van der Waals surface area contributed by atoms with E-state index in [9.17, 15) is 40.7 Å². The van der Waals surface area contributed by atoms with Crippen LogP contribution in [0.5, 0.6) is 0 Å². The van der Waals surface area contributed by atoms with Gasteiger partial charge in [-0.05, 0) is 27.7 Å². The van der Waals surface area contributed by atoms with E-state index in [0.29, 0.717) is 6.61 Å². The molecule has 0 spiro atoms. The van der Waals surface area contributed by atoms with Crippen molar-refractivity contribution in [3.63, 3.8) is 0 Å². The lowest BCUT2D eigenvalue weighted by molar-refractivity contribution is -0.193. The summed E-state index contributed by atoms with van der Waals surface area (Å²) in [6.07, 6.45) is -11.5. The van der Waals surface area contributed by atoms with Gasteiger partial charge in [-0.1, -0.05) is 0 Å². The normalized spacial score (nSPS) is 12.1. The SMILES string of the molecule is CCOC(=O)C(C)(C)C.O=C(C(=O)C(F)(F)F)C(F)(F)F. The maximum absolute atomic E-state index is 11.2. The monoisotopic (exact) mass is 324 g/mol. The number of rotatable bonds is 2. The second-order valence-corrected chi connectivity index (χ2v) is 4.62. The van der Waals surface area contributed by atoms with E-state index in [4.69, 9.17) is 4.74 Å². The number of halogens is 6. The number of hydrogen-bond donors (Lipinski definition) is 0. The molecule has 0 saturated heterocycles. The lowest BCUT2D eigenvalue weighted by Crippen LogP contribution is -2.39. The third-order valence-electron chi connectivity index (χ3n) is 1.61. The molecule has 0 atom stereocenters. The summed E-state index contributed by atoms with van der Waals surface area (Å²) in [5, 5.41) is 0. The van der Waals surface area contributed by atoms with Gasteiger partial charge in [-0.25, -0.2) is 0 Å². The second-order valence-electron chi connectivity index (χ2n) is 4.62. The van der Waals surface area contributed by atoms with Crippen LogP contribution in [-0.2, 0) is 19.1 Å². The average Bonchev–Trinajstić information content (AvgIpc) is 2.24. The fraction of sp³-hybridized carbons (Fsp3) is 0.727. The zero-order valence-electron chi connectivity index (χ0n) is 11.6. The summed E-state index contributed by atoms with van der Waals surface area (Å²) in [5.74, 6) is -6.95. The number of Topliss-reactive ketones (excluding diaryl/α,β-unsaturated/α-hetero) is 2. The highest BCUT2D eigenvalue weighted by molar-refractivity contribution is 6.41. The van der Waals surface area contributed by atoms with Crippen LogP contribution in [0.3, 0.4) is 0 Å². The lowest BCUT2D eigenvalue weighted by atomic mass is 9.97. The molecule has 0 aliphatic rings. The van der Waals surface area contributed by atoms with E-state index in [0.717, 1.165) is 0 Å². The molecule has 0 unspecified atom stereocenters. The molecule has 124 valence electrons. The maximum Gasteiger partial charge on any atom is 0.458 e. The van der Waals surface area contributed by atoms with E-state index < -0.39 is 23.9 Å². The summed E-state index contributed by atoms with van der Waals surface area (Å²) in [4.78, 5) is 30.1. The third-order valence-corrected chi connectivity index (χ3v) is 1.61. The standard InChI is InChI=1S/C7H14O2.C4F6O2/c1-5-9-6(8)7(2,3)4;5-3(6,7)1(11)2(12)4(8,9)10/h5H2,1-4H3;. The van der Waals surface area contributed by atoms with Gasteiger partial charge < -0.3 is 4.74 Å². The Kier molecular flexibility index (Phi) is 7.65. The minimum Gasteiger partial charge on any atom is -0.466 e. The van der Waals surface area contributed by atoms with Crippen LogP contribution in [0, 0.1) is 5.41 Å². The van der Waals surface area contributed by atoms with Crippen molar-refractivity contribution in [2.45, 2.75) is 40.0 Å². The smallest absolute Gasteiger partial charge is 0.458 e. The molecule has 0 fully saturated rings. The molecule has 0 aromatic carbocycles. The summed E-state index contributed by atoms with van der Waals surface area (Å²) in [6, 6.07) is 0. The molecule has 0 aliphatic heterocycles. The van der Waals surface area contributed by atoms with Crippen LogP contribution >= 0.6 is 0 Å². The second kappa shape index (κ2) is 7.41. The predicted molar refractivity (Wildman–Crippen MR) is 58.2 cm³/mol. The molecule has 0 saturated carbocycles. The first-order chi connectivity index (χ1) is 9.05. The number of hydrogen-bond acceptors (Lipinski definition) is 4. The minimum atomic E-state index is -5.77. The van der Waals surface area contributed by atoms with Gasteiger partial charge in [0.25, 0.3) is 0 Å². The number of esters is 1. The fourth-order valence-electron chi connectivity index (χ4n) is 0.605. The van der Waals surface area contributed by atoms with Gasteiger partial charge >= 0.3 is 29.9 Å². The number of carbonyl (C=O) groups is 3. The molecule has 21 heavy (non-hydrogen) atoms. The quantitative estimate of drug-likeness (QED) is 0.445. The Morgan fingerprint density at radius 3 is 1.19 bits per heavy atom. The van der Waals surface area contributed by atoms with Gasteiger partial charge in [0.1, 0.15) is 0 Å². The summed E-state index contributed by atoms with van der Waals surface area (Å²) >= 11 is 0. The first-order valence-corrected chi connectivity index (χ1v) is 5.45. The van der Waals surface area contributed by atoms with E-state index >= 15 is 0 Å². The van der Waals surface area contributed by atoms with E-state index in [-0.39, 0.29) is 11.4 Å². The molecule has 0 rings (SSSR count). The van der Waals surface area contributed by atoms with Gasteiger partial charge in [-0.3, -0.25) is 14.4 Å². The molecule has 0 aromatic rings. The zero-order chi connectivity index (χ0) is 17.6. The predicted octanol–water partition coefficient (Wildman–Crippen LogP) is 2.84. The van der Waals surface area contributed by atoms with Crippen LogP contribution in [0.2, 0.25) is 0 Å². The number of alkyl halides is 6. The first-order valence-electron chi connectivity index (χ1n) is 5.45. The maximum atomic E-state index is 11.2. The number of ketones is 2. The molecule has 0 heterocycles. The number of ether oxygens (including phenoxy) is 1. The highest BCUT2D eigenvalue weighted by Gasteiger charge is 2.54. The van der Waals surface area contributed by atoms with Gasteiger partial charge in [-0.15, -0.1) is 0 Å². The Bertz CT molecular complexity index is 365. The van der Waals surface area contributed by atoms with Crippen molar-refractivity contribution in [3.8, 4) is 0 Å². The fourth-order valence-corrected chi connectivity index (χ4v) is 0.605. The summed E-state index contributed by atoms with van der Waals surface area (Å²) in [6.45, 7) is 7.79. The van der Waals surface area contributed by atoms with Crippen molar-refractivity contribution in [1.29, 1.82) is 0 Å². The van der Waals surface area contributed by atoms with Gasteiger partial charge in [0.2, 0.25) is 0 Å². The first kappa shape index (κ1) is 21.7. The molecule has 0 amide bonds. The minimum absolute atomic E-state index is 0.134. The lowest BCUT2D eigenvalue weighted by Gasteiger charge is -2.14. The van der Waals surface area contributed by atoms with E-state index in [1.54, 1.807) is 0 Å². The molecule has 0 N–H and O–H groups in total. The van der Waals surface area contributed by atoms with Crippen LogP contribution in [0.25, 0.3) is 0 Å². The Balaban J connectivity index is 0. The van der Waals surface area contributed by atoms with Crippen LogP contribution in [-0.4, -0.2) is 36.5 Å². The van der Waals surface area contributed by atoms with Crippen LogP contribution in [0.4, 0.5) is 26.3 Å². The molecule has 0 bridgehead atoms. The van der Waals surface area contributed by atoms with Gasteiger partial charge in [0.05, 0.1) is 12.0 Å². The van der Waals surface area contributed by atoms with Crippen LogP contribution in [0.15, 0.2) is 0 Å². The van der Waals surface area contributed by atoms with Crippen LogP contribution < -0.4 is 0 Å². The van der Waals surface area contributed by atoms with E-state index in [2.05, 4.69) is 0 Å². The summed E-state index contributed by atoms with van der Waals surface area (Å²) in [5.41, 5.74) is -0.351. The molecule has 0 radical (unpaired) electrons. The Morgan fingerprint density at radius 1 is 0.810 bits per heavy atom. The zero-order valence-corrected chi connectivity index (χ0v) is 11.6. The number of carbonyl (C=O) groups excluding carboxylic acids is 3. The van der Waals surface area contributed by atoms with E-state index in [1.165, 1.54) is 0 Å². The molecular formula is C11H14F6O4. The van der Waals surface area contributed by atoms with Crippen molar-refractivity contribution < 1.29 is 45.5 Å².